The maximum absolute atomic E-state index is 12.4. The molecular formula is C9H15FN2. The Morgan fingerprint density at radius 3 is 2.25 bits per heavy atom. The minimum Gasteiger partial charge on any atom is -0.219 e. The SMILES string of the molecule is C=NC(F)=N/C=C(\C)C(C)(C)C. The molecule has 0 amide bonds. The number of allylic oxidation sites excluding steroid dienone is 1. The maximum Gasteiger partial charge on any atom is 0.307 e. The van der Waals surface area contributed by atoms with E-state index in [9.17, 15) is 4.39 Å². The lowest BCUT2D eigenvalue weighted by molar-refractivity contribution is 0.502. The van der Waals surface area contributed by atoms with Crippen molar-refractivity contribution in [2.45, 2.75) is 27.7 Å². The number of halogens is 1. The Morgan fingerprint density at radius 1 is 1.42 bits per heavy atom. The summed E-state index contributed by atoms with van der Waals surface area (Å²) in [7, 11) is 0. The van der Waals surface area contributed by atoms with Gasteiger partial charge in [0.15, 0.2) is 0 Å². The third-order valence-corrected chi connectivity index (χ3v) is 1.68. The molecule has 0 rings (SSSR count). The number of aliphatic imine (C=N–C) groups is 2. The van der Waals surface area contributed by atoms with Gasteiger partial charge in [0.25, 0.3) is 0 Å². The molecule has 0 aromatic heterocycles. The van der Waals surface area contributed by atoms with Crippen molar-refractivity contribution in [1.29, 1.82) is 0 Å². The minimum atomic E-state index is -0.793. The van der Waals surface area contributed by atoms with Crippen LogP contribution < -0.4 is 0 Å². The van der Waals surface area contributed by atoms with E-state index in [1.54, 1.807) is 0 Å². The highest BCUT2D eigenvalue weighted by molar-refractivity contribution is 5.77. The van der Waals surface area contributed by atoms with Crippen LogP contribution in [-0.4, -0.2) is 12.8 Å². The van der Waals surface area contributed by atoms with Gasteiger partial charge in [-0.05, 0) is 24.6 Å². The zero-order valence-corrected chi connectivity index (χ0v) is 8.06. The van der Waals surface area contributed by atoms with Gasteiger partial charge < -0.3 is 0 Å². The van der Waals surface area contributed by atoms with E-state index in [0.717, 1.165) is 5.57 Å². The Balaban J connectivity index is 4.49. The van der Waals surface area contributed by atoms with Crippen LogP contribution in [0.4, 0.5) is 4.39 Å². The normalized spacial score (nSPS) is 14.8. The fraction of sp³-hybridized carbons (Fsp3) is 0.556. The minimum absolute atomic E-state index is 0.0188. The van der Waals surface area contributed by atoms with Crippen LogP contribution in [-0.2, 0) is 0 Å². The second kappa shape index (κ2) is 4.14. The molecule has 0 bridgehead atoms. The molecular weight excluding hydrogens is 155 g/mol. The highest BCUT2D eigenvalue weighted by Gasteiger charge is 2.11. The van der Waals surface area contributed by atoms with E-state index in [4.69, 9.17) is 0 Å². The molecule has 0 aromatic rings. The fourth-order valence-electron chi connectivity index (χ4n) is 0.385. The molecule has 0 N–H and O–H groups in total. The third-order valence-electron chi connectivity index (χ3n) is 1.68. The smallest absolute Gasteiger partial charge is 0.219 e. The van der Waals surface area contributed by atoms with Gasteiger partial charge in [-0.25, -0.2) is 9.98 Å². The van der Waals surface area contributed by atoms with Gasteiger partial charge in [0.2, 0.25) is 0 Å². The van der Waals surface area contributed by atoms with Crippen molar-refractivity contribution in [3.05, 3.63) is 11.8 Å². The van der Waals surface area contributed by atoms with Crippen molar-refractivity contribution in [3.8, 4) is 0 Å². The topological polar surface area (TPSA) is 24.7 Å². The van der Waals surface area contributed by atoms with Gasteiger partial charge in [0.05, 0.1) is 0 Å². The van der Waals surface area contributed by atoms with Crippen LogP contribution in [0.25, 0.3) is 0 Å². The van der Waals surface area contributed by atoms with Crippen molar-refractivity contribution < 1.29 is 4.39 Å². The van der Waals surface area contributed by atoms with Gasteiger partial charge in [-0.2, -0.15) is 4.39 Å². The van der Waals surface area contributed by atoms with Crippen molar-refractivity contribution in [2.75, 3.05) is 0 Å². The van der Waals surface area contributed by atoms with E-state index in [2.05, 4.69) is 16.7 Å². The number of nitrogens with zero attached hydrogens (tertiary/aromatic N) is 2. The van der Waals surface area contributed by atoms with Gasteiger partial charge >= 0.3 is 6.09 Å². The summed E-state index contributed by atoms with van der Waals surface area (Å²) in [6, 6.07) is 0. The van der Waals surface area contributed by atoms with Crippen LogP contribution in [0.5, 0.6) is 0 Å². The Bertz CT molecular complexity index is 221. The van der Waals surface area contributed by atoms with E-state index < -0.39 is 6.09 Å². The van der Waals surface area contributed by atoms with Crippen molar-refractivity contribution in [1.82, 2.24) is 0 Å². The molecule has 0 aromatic carbocycles. The van der Waals surface area contributed by atoms with Crippen LogP contribution in [0, 0.1) is 5.41 Å². The highest BCUT2D eigenvalue weighted by Crippen LogP contribution is 2.24. The lowest BCUT2D eigenvalue weighted by atomic mass is 9.88. The predicted octanol–water partition coefficient (Wildman–Crippen LogP) is 2.96. The monoisotopic (exact) mass is 170 g/mol. The fourth-order valence-corrected chi connectivity index (χ4v) is 0.385. The Morgan fingerprint density at radius 2 is 1.92 bits per heavy atom. The molecule has 0 fully saturated rings. The van der Waals surface area contributed by atoms with Gasteiger partial charge in [-0.15, -0.1) is 0 Å². The molecule has 68 valence electrons. The summed E-state index contributed by atoms with van der Waals surface area (Å²) >= 11 is 0. The first-order valence-electron chi connectivity index (χ1n) is 3.75. The first-order valence-corrected chi connectivity index (χ1v) is 3.75. The van der Waals surface area contributed by atoms with Gasteiger partial charge in [-0.1, -0.05) is 20.8 Å². The molecule has 0 heterocycles. The zero-order chi connectivity index (χ0) is 9.78. The molecule has 0 radical (unpaired) electrons. The van der Waals surface area contributed by atoms with E-state index in [1.165, 1.54) is 6.20 Å². The number of hydrogen-bond donors (Lipinski definition) is 0. The summed E-state index contributed by atoms with van der Waals surface area (Å²) in [5.74, 6) is 0. The summed E-state index contributed by atoms with van der Waals surface area (Å²) in [5, 5.41) is 0. The van der Waals surface area contributed by atoms with Crippen molar-refractivity contribution in [2.24, 2.45) is 15.4 Å². The van der Waals surface area contributed by atoms with Crippen LogP contribution in [0.3, 0.4) is 0 Å². The average Bonchev–Trinajstić information content (AvgIpc) is 1.97. The molecule has 0 saturated heterocycles. The standard InChI is InChI=1S/C9H15FN2/c1-7(9(2,3)4)6-12-8(10)11-5/h6H,5H2,1-4H3/b7-6+,12-8?. The Labute approximate surface area is 72.9 Å². The number of amidine groups is 1. The molecule has 0 saturated carbocycles. The molecule has 0 atom stereocenters. The van der Waals surface area contributed by atoms with Gasteiger partial charge in [-0.3, -0.25) is 0 Å². The Kier molecular flexibility index (Phi) is 3.80. The van der Waals surface area contributed by atoms with Crippen LogP contribution in [0.15, 0.2) is 21.8 Å². The van der Waals surface area contributed by atoms with E-state index in [-0.39, 0.29) is 5.41 Å². The third kappa shape index (κ3) is 4.01. The molecule has 0 aliphatic carbocycles. The van der Waals surface area contributed by atoms with Crippen LogP contribution in [0.2, 0.25) is 0 Å². The van der Waals surface area contributed by atoms with Crippen LogP contribution >= 0.6 is 0 Å². The molecule has 2 nitrogen and oxygen atoms in total. The summed E-state index contributed by atoms with van der Waals surface area (Å²) in [4.78, 5) is 6.50. The summed E-state index contributed by atoms with van der Waals surface area (Å²) in [6.07, 6.45) is 0.683. The quantitative estimate of drug-likeness (QED) is 0.328. The van der Waals surface area contributed by atoms with Crippen LogP contribution in [0.1, 0.15) is 27.7 Å². The molecule has 12 heavy (non-hydrogen) atoms. The summed E-state index contributed by atoms with van der Waals surface area (Å²) < 4.78 is 12.4. The first kappa shape index (κ1) is 11.0. The molecule has 3 heteroatoms. The van der Waals surface area contributed by atoms with E-state index in [1.807, 2.05) is 27.7 Å². The molecule has 0 unspecified atom stereocenters. The predicted molar refractivity (Wildman–Crippen MR) is 51.3 cm³/mol. The lowest BCUT2D eigenvalue weighted by Gasteiger charge is -2.17. The first-order chi connectivity index (χ1) is 5.38. The van der Waals surface area contributed by atoms with Crippen molar-refractivity contribution in [3.63, 3.8) is 0 Å². The van der Waals surface area contributed by atoms with Gasteiger partial charge in [0, 0.05) is 6.20 Å². The number of rotatable bonds is 1. The summed E-state index contributed by atoms with van der Waals surface area (Å²) in [5.41, 5.74) is 1.02. The van der Waals surface area contributed by atoms with Crippen molar-refractivity contribution >= 4 is 12.8 Å². The van der Waals surface area contributed by atoms with E-state index >= 15 is 0 Å². The van der Waals surface area contributed by atoms with E-state index in [0.29, 0.717) is 0 Å². The van der Waals surface area contributed by atoms with Gasteiger partial charge in [0.1, 0.15) is 0 Å². The largest absolute Gasteiger partial charge is 0.307 e. The maximum atomic E-state index is 12.4. The molecule has 0 aliphatic heterocycles. The highest BCUT2D eigenvalue weighted by atomic mass is 19.1. The lowest BCUT2D eigenvalue weighted by Crippen LogP contribution is -2.05. The summed E-state index contributed by atoms with van der Waals surface area (Å²) in [6.45, 7) is 11.0. The molecule has 0 spiro atoms. The second-order valence-corrected chi connectivity index (χ2v) is 3.62. The molecule has 0 aliphatic rings. The average molecular weight is 170 g/mol. The zero-order valence-electron chi connectivity index (χ0n) is 8.06. The Hall–Kier alpha value is -0.990. The second-order valence-electron chi connectivity index (χ2n) is 3.62. The number of hydrogen-bond acceptors (Lipinski definition) is 1.